The first-order valence-corrected chi connectivity index (χ1v) is 7.90. The molecule has 5 nitrogen and oxygen atoms in total. The molecule has 0 saturated carbocycles. The van der Waals surface area contributed by atoms with E-state index in [4.69, 9.17) is 25.8 Å². The molecule has 1 aromatic carbocycles. The van der Waals surface area contributed by atoms with Gasteiger partial charge in [-0.05, 0) is 30.7 Å². The summed E-state index contributed by atoms with van der Waals surface area (Å²) in [7, 11) is 0. The third kappa shape index (κ3) is 3.37. The average Bonchev–Trinajstić information content (AvgIpc) is 2.95. The Balaban J connectivity index is 1.50. The highest BCUT2D eigenvalue weighted by atomic mass is 35.5. The van der Waals surface area contributed by atoms with E-state index in [0.29, 0.717) is 37.1 Å². The molecule has 1 amide bonds. The second-order valence-corrected chi connectivity index (χ2v) is 6.12. The number of hydrogen-bond donors (Lipinski definition) is 0. The van der Waals surface area contributed by atoms with Crippen molar-refractivity contribution in [3.8, 4) is 5.75 Å². The fourth-order valence-corrected chi connectivity index (χ4v) is 3.11. The van der Waals surface area contributed by atoms with Crippen LogP contribution in [0.5, 0.6) is 5.75 Å². The van der Waals surface area contributed by atoms with E-state index in [1.54, 1.807) is 12.1 Å². The first-order valence-electron chi connectivity index (χ1n) is 7.53. The van der Waals surface area contributed by atoms with Crippen molar-refractivity contribution in [1.29, 1.82) is 0 Å². The van der Waals surface area contributed by atoms with Gasteiger partial charge in [-0.25, -0.2) is 0 Å². The van der Waals surface area contributed by atoms with Crippen LogP contribution in [-0.4, -0.2) is 49.5 Å². The minimum absolute atomic E-state index is 0.0119. The molecule has 2 fully saturated rings. The number of hydrogen-bond acceptors (Lipinski definition) is 4. The van der Waals surface area contributed by atoms with Gasteiger partial charge in [0.2, 0.25) is 0 Å². The third-order valence-electron chi connectivity index (χ3n) is 4.18. The van der Waals surface area contributed by atoms with Crippen LogP contribution >= 0.6 is 11.6 Å². The number of benzene rings is 1. The lowest BCUT2D eigenvalue weighted by molar-refractivity contribution is -0.187. The number of ether oxygens (including phenoxy) is 3. The maximum atomic E-state index is 12.2. The zero-order valence-corrected chi connectivity index (χ0v) is 13.4. The summed E-state index contributed by atoms with van der Waals surface area (Å²) >= 11 is 5.91. The molecule has 2 heterocycles. The van der Waals surface area contributed by atoms with Crippen molar-refractivity contribution in [3.63, 3.8) is 0 Å². The molecule has 2 saturated heterocycles. The van der Waals surface area contributed by atoms with Crippen LogP contribution in [0.4, 0.5) is 0 Å². The number of amides is 1. The van der Waals surface area contributed by atoms with Crippen LogP contribution < -0.4 is 4.74 Å². The van der Waals surface area contributed by atoms with Gasteiger partial charge >= 0.3 is 0 Å². The lowest BCUT2D eigenvalue weighted by atomic mass is 10.0. The molecule has 0 aliphatic carbocycles. The van der Waals surface area contributed by atoms with Crippen molar-refractivity contribution in [2.24, 2.45) is 0 Å². The summed E-state index contributed by atoms with van der Waals surface area (Å²) in [5.41, 5.74) is 0.922. The first-order chi connectivity index (χ1) is 10.6. The largest absolute Gasteiger partial charge is 0.483 e. The fourth-order valence-electron chi connectivity index (χ4n) is 2.89. The summed E-state index contributed by atoms with van der Waals surface area (Å²) < 4.78 is 16.9. The zero-order chi connectivity index (χ0) is 15.6. The van der Waals surface area contributed by atoms with Crippen molar-refractivity contribution in [2.45, 2.75) is 25.6 Å². The number of aryl methyl sites for hydroxylation is 1. The standard InChI is InChI=1S/C16H20ClNO4/c1-12-10-13(17)2-3-14(12)20-11-15(19)18-6-4-16(5-7-18)21-8-9-22-16/h2-3,10H,4-9,11H2,1H3. The van der Waals surface area contributed by atoms with E-state index in [9.17, 15) is 4.79 Å². The van der Waals surface area contributed by atoms with Gasteiger partial charge in [-0.1, -0.05) is 11.6 Å². The van der Waals surface area contributed by atoms with Crippen LogP contribution in [0, 0.1) is 6.92 Å². The Labute approximate surface area is 135 Å². The van der Waals surface area contributed by atoms with E-state index in [1.165, 1.54) is 0 Å². The molecule has 0 aromatic heterocycles. The predicted molar refractivity (Wildman–Crippen MR) is 82.1 cm³/mol. The van der Waals surface area contributed by atoms with E-state index in [1.807, 2.05) is 17.9 Å². The van der Waals surface area contributed by atoms with Crippen LogP contribution in [0.1, 0.15) is 18.4 Å². The maximum absolute atomic E-state index is 12.2. The number of rotatable bonds is 3. The molecule has 0 N–H and O–H groups in total. The number of likely N-dealkylation sites (tertiary alicyclic amines) is 1. The van der Waals surface area contributed by atoms with E-state index in [0.717, 1.165) is 18.4 Å². The minimum atomic E-state index is -0.454. The molecule has 1 aromatic rings. The summed E-state index contributed by atoms with van der Waals surface area (Å²) in [4.78, 5) is 14.1. The fraction of sp³-hybridized carbons (Fsp3) is 0.562. The Morgan fingerprint density at radius 2 is 2.00 bits per heavy atom. The summed E-state index contributed by atoms with van der Waals surface area (Å²) in [6.45, 7) is 4.52. The van der Waals surface area contributed by atoms with Crippen molar-refractivity contribution in [1.82, 2.24) is 4.90 Å². The van der Waals surface area contributed by atoms with Gasteiger partial charge in [0, 0.05) is 31.0 Å². The van der Waals surface area contributed by atoms with Gasteiger partial charge in [-0.2, -0.15) is 0 Å². The Bertz CT molecular complexity index is 547. The molecular weight excluding hydrogens is 306 g/mol. The molecule has 0 atom stereocenters. The molecule has 1 spiro atoms. The highest BCUT2D eigenvalue weighted by Crippen LogP contribution is 2.31. The van der Waals surface area contributed by atoms with Crippen LogP contribution in [0.15, 0.2) is 18.2 Å². The SMILES string of the molecule is Cc1cc(Cl)ccc1OCC(=O)N1CCC2(CC1)OCCO2. The van der Waals surface area contributed by atoms with E-state index >= 15 is 0 Å². The van der Waals surface area contributed by atoms with Crippen LogP contribution in [-0.2, 0) is 14.3 Å². The van der Waals surface area contributed by atoms with E-state index in [2.05, 4.69) is 0 Å². The highest BCUT2D eigenvalue weighted by molar-refractivity contribution is 6.30. The van der Waals surface area contributed by atoms with E-state index in [-0.39, 0.29) is 12.5 Å². The molecule has 22 heavy (non-hydrogen) atoms. The molecule has 2 aliphatic heterocycles. The number of carbonyl (C=O) groups excluding carboxylic acids is 1. The summed E-state index contributed by atoms with van der Waals surface area (Å²) in [6.07, 6.45) is 1.44. The molecule has 0 radical (unpaired) electrons. The summed E-state index contributed by atoms with van der Waals surface area (Å²) in [6, 6.07) is 5.37. The van der Waals surface area contributed by atoms with Crippen molar-refractivity contribution >= 4 is 17.5 Å². The first kappa shape index (κ1) is 15.6. The molecule has 6 heteroatoms. The lowest BCUT2D eigenvalue weighted by Gasteiger charge is -2.37. The van der Waals surface area contributed by atoms with Gasteiger partial charge in [0.25, 0.3) is 5.91 Å². The van der Waals surface area contributed by atoms with Gasteiger partial charge in [-0.3, -0.25) is 4.79 Å². The average molecular weight is 326 g/mol. The third-order valence-corrected chi connectivity index (χ3v) is 4.41. The monoisotopic (exact) mass is 325 g/mol. The summed E-state index contributed by atoms with van der Waals surface area (Å²) in [5.74, 6) is 0.223. The Morgan fingerprint density at radius 3 is 2.64 bits per heavy atom. The number of nitrogens with zero attached hydrogens (tertiary/aromatic N) is 1. The number of carbonyl (C=O) groups is 1. The van der Waals surface area contributed by atoms with Crippen LogP contribution in [0.25, 0.3) is 0 Å². The molecule has 0 bridgehead atoms. The van der Waals surface area contributed by atoms with Gasteiger partial charge in [0.05, 0.1) is 13.2 Å². The van der Waals surface area contributed by atoms with Crippen molar-refractivity contribution < 1.29 is 19.0 Å². The Morgan fingerprint density at radius 1 is 1.32 bits per heavy atom. The molecule has 3 rings (SSSR count). The summed E-state index contributed by atoms with van der Waals surface area (Å²) in [5, 5.41) is 0.661. The smallest absolute Gasteiger partial charge is 0.260 e. The number of halogens is 1. The normalized spacial score (nSPS) is 20.4. The van der Waals surface area contributed by atoms with Gasteiger partial charge in [0.1, 0.15) is 5.75 Å². The van der Waals surface area contributed by atoms with Gasteiger partial charge in [0.15, 0.2) is 12.4 Å². The quantitative estimate of drug-likeness (QED) is 0.856. The Kier molecular flexibility index (Phi) is 4.57. The lowest BCUT2D eigenvalue weighted by Crippen LogP contribution is -2.48. The zero-order valence-electron chi connectivity index (χ0n) is 12.6. The topological polar surface area (TPSA) is 48.0 Å². The second kappa shape index (κ2) is 6.44. The molecule has 2 aliphatic rings. The molecular formula is C16H20ClNO4. The van der Waals surface area contributed by atoms with Crippen LogP contribution in [0.3, 0.4) is 0 Å². The minimum Gasteiger partial charge on any atom is -0.483 e. The molecule has 120 valence electrons. The van der Waals surface area contributed by atoms with Gasteiger partial charge in [-0.15, -0.1) is 0 Å². The van der Waals surface area contributed by atoms with Crippen LogP contribution in [0.2, 0.25) is 5.02 Å². The maximum Gasteiger partial charge on any atom is 0.260 e. The predicted octanol–water partition coefficient (Wildman–Crippen LogP) is 2.39. The molecule has 0 unspecified atom stereocenters. The number of piperidine rings is 1. The van der Waals surface area contributed by atoms with Crippen molar-refractivity contribution in [2.75, 3.05) is 32.9 Å². The van der Waals surface area contributed by atoms with Gasteiger partial charge < -0.3 is 19.1 Å². The highest BCUT2D eigenvalue weighted by Gasteiger charge is 2.40. The second-order valence-electron chi connectivity index (χ2n) is 5.69. The van der Waals surface area contributed by atoms with Crippen molar-refractivity contribution in [3.05, 3.63) is 28.8 Å². The Hall–Kier alpha value is -1.30. The van der Waals surface area contributed by atoms with E-state index < -0.39 is 5.79 Å².